The van der Waals surface area contributed by atoms with Gasteiger partial charge in [-0.25, -0.2) is 13.8 Å². The Bertz CT molecular complexity index is 1510. The van der Waals surface area contributed by atoms with Gasteiger partial charge in [0.1, 0.15) is 23.0 Å². The lowest BCUT2D eigenvalue weighted by Gasteiger charge is -2.29. The van der Waals surface area contributed by atoms with Crippen LogP contribution in [0.5, 0.6) is 0 Å². The molecular weight excluding hydrogens is 452 g/mol. The molecule has 1 aliphatic carbocycles. The molecule has 1 aliphatic heterocycles. The van der Waals surface area contributed by atoms with Crippen molar-refractivity contribution >= 4 is 10.9 Å². The van der Waals surface area contributed by atoms with Crippen LogP contribution in [0.1, 0.15) is 60.8 Å². The molecule has 1 saturated heterocycles. The number of hydrogen-bond donors (Lipinski definition) is 0. The second-order valence-corrected chi connectivity index (χ2v) is 9.50. The highest BCUT2D eigenvalue weighted by molar-refractivity contribution is 5.91. The first-order valence-corrected chi connectivity index (χ1v) is 11.9. The number of benzene rings is 1. The van der Waals surface area contributed by atoms with Crippen molar-refractivity contribution < 1.29 is 13.5 Å². The summed E-state index contributed by atoms with van der Waals surface area (Å²) in [4.78, 5) is 22.5. The Morgan fingerprint density at radius 2 is 1.94 bits per heavy atom. The van der Waals surface area contributed by atoms with Crippen molar-refractivity contribution in [1.29, 1.82) is 0 Å². The van der Waals surface area contributed by atoms with Crippen molar-refractivity contribution in [3.8, 4) is 11.3 Å². The summed E-state index contributed by atoms with van der Waals surface area (Å²) >= 11 is 0. The van der Waals surface area contributed by atoms with Crippen molar-refractivity contribution in [1.82, 2.24) is 24.3 Å². The average Bonchev–Trinajstić information content (AvgIpc) is 3.59. The number of rotatable bonds is 4. The third-order valence-electron chi connectivity index (χ3n) is 7.11. The Hall–Kier alpha value is -3.46. The largest absolute Gasteiger partial charge is 0.373 e. The van der Waals surface area contributed by atoms with Gasteiger partial charge < -0.3 is 4.74 Å². The second-order valence-electron chi connectivity index (χ2n) is 9.50. The highest BCUT2D eigenvalue weighted by atomic mass is 19.1. The van der Waals surface area contributed by atoms with Gasteiger partial charge in [-0.3, -0.25) is 19.0 Å². The van der Waals surface area contributed by atoms with Gasteiger partial charge in [0.05, 0.1) is 29.4 Å². The zero-order chi connectivity index (χ0) is 24.3. The molecule has 2 atom stereocenters. The first-order chi connectivity index (χ1) is 16.9. The minimum Gasteiger partial charge on any atom is -0.373 e. The SMILES string of the molecule is Cc1nc2c(-c3ccc(F)cc3F)nc([C@H]3CCO[C@@H](c4cnn(C5CC5)c4)C3)cc2c(=O)n1C. The maximum absolute atomic E-state index is 14.9. The van der Waals surface area contributed by atoms with Crippen LogP contribution in [-0.2, 0) is 11.8 Å². The van der Waals surface area contributed by atoms with Crippen LogP contribution in [0.4, 0.5) is 8.78 Å². The Kier molecular flexibility index (Phi) is 5.25. The monoisotopic (exact) mass is 477 g/mol. The first-order valence-electron chi connectivity index (χ1n) is 11.9. The number of ether oxygens (including phenoxy) is 1. The van der Waals surface area contributed by atoms with Crippen LogP contribution < -0.4 is 5.56 Å². The molecule has 4 aromatic rings. The van der Waals surface area contributed by atoms with E-state index in [1.807, 2.05) is 10.9 Å². The summed E-state index contributed by atoms with van der Waals surface area (Å²) in [6, 6.07) is 5.63. The molecule has 0 unspecified atom stereocenters. The van der Waals surface area contributed by atoms with E-state index in [4.69, 9.17) is 9.72 Å². The Morgan fingerprint density at radius 3 is 2.71 bits per heavy atom. The molecular formula is C26H25F2N5O2. The van der Waals surface area contributed by atoms with Crippen molar-refractivity contribution in [2.45, 2.75) is 50.7 Å². The van der Waals surface area contributed by atoms with Gasteiger partial charge in [-0.15, -0.1) is 0 Å². The standard InChI is InChI=1S/C26H25F2N5O2/c1-14-30-25-20(26(34)32(14)2)11-22(31-24(25)19-6-3-17(27)10-21(19)28)15-7-8-35-23(9-15)16-12-29-33(13-16)18-4-5-18/h3,6,10-13,15,18,23H,4-5,7-9H2,1-2H3/t15-,23+/m0/s1. The molecule has 9 heteroatoms. The lowest BCUT2D eigenvalue weighted by molar-refractivity contribution is 0.00463. The Balaban J connectivity index is 1.45. The van der Waals surface area contributed by atoms with Crippen LogP contribution in [0, 0.1) is 18.6 Å². The van der Waals surface area contributed by atoms with E-state index in [0.717, 1.165) is 30.9 Å². The van der Waals surface area contributed by atoms with Gasteiger partial charge in [0, 0.05) is 48.7 Å². The van der Waals surface area contributed by atoms with E-state index in [0.29, 0.717) is 41.5 Å². The summed E-state index contributed by atoms with van der Waals surface area (Å²) in [6.07, 6.45) is 7.48. The van der Waals surface area contributed by atoms with Crippen LogP contribution >= 0.6 is 0 Å². The summed E-state index contributed by atoms with van der Waals surface area (Å²) in [6.45, 7) is 2.25. The van der Waals surface area contributed by atoms with Crippen LogP contribution in [0.2, 0.25) is 0 Å². The lowest BCUT2D eigenvalue weighted by atomic mass is 9.89. The predicted molar refractivity (Wildman–Crippen MR) is 126 cm³/mol. The van der Waals surface area contributed by atoms with Crippen LogP contribution in [0.3, 0.4) is 0 Å². The minimum absolute atomic E-state index is 0.00399. The Morgan fingerprint density at radius 1 is 1.11 bits per heavy atom. The van der Waals surface area contributed by atoms with Crippen molar-refractivity contribution in [3.05, 3.63) is 75.7 Å². The van der Waals surface area contributed by atoms with E-state index >= 15 is 0 Å². The molecule has 2 fully saturated rings. The summed E-state index contributed by atoms with van der Waals surface area (Å²) in [5.74, 6) is -0.936. The molecule has 0 spiro atoms. The van der Waals surface area contributed by atoms with E-state index in [2.05, 4.69) is 16.3 Å². The van der Waals surface area contributed by atoms with E-state index < -0.39 is 11.6 Å². The van der Waals surface area contributed by atoms with Crippen LogP contribution in [0.25, 0.3) is 22.2 Å². The zero-order valence-electron chi connectivity index (χ0n) is 19.5. The minimum atomic E-state index is -0.742. The average molecular weight is 478 g/mol. The molecule has 0 bridgehead atoms. The maximum Gasteiger partial charge on any atom is 0.261 e. The molecule has 180 valence electrons. The third kappa shape index (κ3) is 3.93. The lowest BCUT2D eigenvalue weighted by Crippen LogP contribution is -2.23. The summed E-state index contributed by atoms with van der Waals surface area (Å²) in [5.41, 5.74) is 2.17. The summed E-state index contributed by atoms with van der Waals surface area (Å²) < 4.78 is 38.0. The molecule has 0 amide bonds. The van der Waals surface area contributed by atoms with E-state index in [-0.39, 0.29) is 28.8 Å². The molecule has 6 rings (SSSR count). The number of aromatic nitrogens is 5. The van der Waals surface area contributed by atoms with Gasteiger partial charge >= 0.3 is 0 Å². The number of fused-ring (bicyclic) bond motifs is 1. The normalized spacial score (nSPS) is 20.5. The molecule has 4 heterocycles. The topological polar surface area (TPSA) is 74.8 Å². The fraction of sp³-hybridized carbons (Fsp3) is 0.385. The highest BCUT2D eigenvalue weighted by Gasteiger charge is 2.30. The highest BCUT2D eigenvalue weighted by Crippen LogP contribution is 2.40. The van der Waals surface area contributed by atoms with Gasteiger partial charge in [-0.1, -0.05) is 0 Å². The molecule has 2 aliphatic rings. The van der Waals surface area contributed by atoms with Crippen LogP contribution in [0.15, 0.2) is 41.5 Å². The van der Waals surface area contributed by atoms with E-state index in [9.17, 15) is 13.6 Å². The van der Waals surface area contributed by atoms with Gasteiger partial charge in [0.15, 0.2) is 0 Å². The van der Waals surface area contributed by atoms with E-state index in [1.165, 1.54) is 16.7 Å². The summed E-state index contributed by atoms with van der Waals surface area (Å²) in [5, 5.41) is 4.86. The zero-order valence-corrected chi connectivity index (χ0v) is 19.5. The van der Waals surface area contributed by atoms with Gasteiger partial charge in [0.2, 0.25) is 0 Å². The Labute approximate surface area is 200 Å². The molecule has 0 radical (unpaired) electrons. The van der Waals surface area contributed by atoms with Gasteiger partial charge in [-0.2, -0.15) is 5.10 Å². The first kappa shape index (κ1) is 22.0. The molecule has 35 heavy (non-hydrogen) atoms. The molecule has 1 aromatic carbocycles. The quantitative estimate of drug-likeness (QED) is 0.424. The number of hydrogen-bond acceptors (Lipinski definition) is 5. The van der Waals surface area contributed by atoms with Crippen molar-refractivity contribution in [2.75, 3.05) is 6.61 Å². The van der Waals surface area contributed by atoms with Crippen molar-refractivity contribution in [3.63, 3.8) is 0 Å². The maximum atomic E-state index is 14.9. The molecule has 1 saturated carbocycles. The fourth-order valence-electron chi connectivity index (χ4n) is 4.83. The number of nitrogens with zero attached hydrogens (tertiary/aromatic N) is 5. The van der Waals surface area contributed by atoms with Crippen LogP contribution in [-0.4, -0.2) is 30.9 Å². The number of pyridine rings is 1. The summed E-state index contributed by atoms with van der Waals surface area (Å²) in [7, 11) is 1.66. The number of aryl methyl sites for hydroxylation is 1. The smallest absolute Gasteiger partial charge is 0.261 e. The molecule has 0 N–H and O–H groups in total. The van der Waals surface area contributed by atoms with E-state index in [1.54, 1.807) is 20.0 Å². The molecule has 7 nitrogen and oxygen atoms in total. The van der Waals surface area contributed by atoms with Gasteiger partial charge in [-0.05, 0) is 50.8 Å². The van der Waals surface area contributed by atoms with Crippen molar-refractivity contribution in [2.24, 2.45) is 7.05 Å². The van der Waals surface area contributed by atoms with Gasteiger partial charge in [0.25, 0.3) is 5.56 Å². The number of halogens is 2. The molecule has 3 aromatic heterocycles. The fourth-order valence-corrected chi connectivity index (χ4v) is 4.83. The predicted octanol–water partition coefficient (Wildman–Crippen LogP) is 4.75. The third-order valence-corrected chi connectivity index (χ3v) is 7.11. The second kappa shape index (κ2) is 8.34.